The maximum Gasteiger partial charge on any atom is 0.569 e. The summed E-state index contributed by atoms with van der Waals surface area (Å²) >= 11 is 0. The Labute approximate surface area is 113 Å². The molecule has 1 atom stereocenters. The molecule has 1 aromatic rings. The minimum absolute atomic E-state index is 0.0926. The molecule has 0 bridgehead atoms. The number of carbonyl (C=O) groups is 1. The Hall–Kier alpha value is -1.74. The summed E-state index contributed by atoms with van der Waals surface area (Å²) < 4.78 is 42.8. The van der Waals surface area contributed by atoms with Crippen molar-refractivity contribution in [2.24, 2.45) is 5.73 Å². The lowest BCUT2D eigenvalue weighted by Gasteiger charge is -2.20. The van der Waals surface area contributed by atoms with Gasteiger partial charge in [-0.25, -0.2) is 0 Å². The normalized spacial score (nSPS) is 14.5. The summed E-state index contributed by atoms with van der Waals surface area (Å²) in [5.41, 5.74) is 2.77. The molecule has 0 amide bonds. The van der Waals surface area contributed by atoms with Crippen molar-refractivity contribution in [1.29, 1.82) is 0 Å². The third kappa shape index (κ3) is 3.88. The standard InChI is InChI=1S/C11H12BF3NO4/c1-10(16,9(17)18)5-6-2-3-8(20-12-19)7(4-6)11(13,14)15/h2-4,19H,5,16H2,1H3,(H,17,18)/t10-/m0/s1. The Kier molecular flexibility index (Phi) is 4.67. The molecular formula is C11H12BF3NO4. The molecule has 1 radical (unpaired) electrons. The van der Waals surface area contributed by atoms with Gasteiger partial charge in [-0.05, 0) is 24.6 Å². The maximum atomic E-state index is 12.8. The average molecular weight is 290 g/mol. The van der Waals surface area contributed by atoms with E-state index in [-0.39, 0.29) is 19.7 Å². The molecule has 1 aromatic carbocycles. The van der Waals surface area contributed by atoms with Crippen molar-refractivity contribution in [1.82, 2.24) is 0 Å². The van der Waals surface area contributed by atoms with E-state index in [2.05, 4.69) is 4.65 Å². The fourth-order valence-corrected chi connectivity index (χ4v) is 1.57. The molecule has 109 valence electrons. The molecule has 0 fully saturated rings. The molecule has 0 saturated carbocycles. The number of alkyl halides is 3. The summed E-state index contributed by atoms with van der Waals surface area (Å²) in [4.78, 5) is 10.9. The SMILES string of the molecule is C[C@](N)(Cc1ccc(O[B]O)c(C(F)(F)F)c1)C(=O)O. The van der Waals surface area contributed by atoms with Crippen molar-refractivity contribution < 1.29 is 32.8 Å². The van der Waals surface area contributed by atoms with E-state index < -0.39 is 29.0 Å². The smallest absolute Gasteiger partial charge is 0.537 e. The van der Waals surface area contributed by atoms with Gasteiger partial charge in [0.05, 0.1) is 5.56 Å². The highest BCUT2D eigenvalue weighted by atomic mass is 19.4. The lowest BCUT2D eigenvalue weighted by Crippen LogP contribution is -2.46. The third-order valence-corrected chi connectivity index (χ3v) is 2.59. The highest BCUT2D eigenvalue weighted by molar-refractivity contribution is 6.17. The van der Waals surface area contributed by atoms with Gasteiger partial charge in [-0.15, -0.1) is 0 Å². The molecule has 0 unspecified atom stereocenters. The molecular weight excluding hydrogens is 278 g/mol. The topological polar surface area (TPSA) is 92.8 Å². The summed E-state index contributed by atoms with van der Waals surface area (Å²) in [6.07, 6.45) is -4.99. The van der Waals surface area contributed by atoms with Crippen LogP contribution in [-0.2, 0) is 17.4 Å². The second-order valence-electron chi connectivity index (χ2n) is 4.45. The zero-order chi connectivity index (χ0) is 15.6. The zero-order valence-corrected chi connectivity index (χ0v) is 10.4. The highest BCUT2D eigenvalue weighted by Gasteiger charge is 2.36. The van der Waals surface area contributed by atoms with E-state index in [0.29, 0.717) is 0 Å². The van der Waals surface area contributed by atoms with E-state index in [9.17, 15) is 18.0 Å². The molecule has 5 nitrogen and oxygen atoms in total. The van der Waals surface area contributed by atoms with Gasteiger partial charge < -0.3 is 20.5 Å². The summed E-state index contributed by atoms with van der Waals surface area (Å²) in [6.45, 7) is 1.20. The lowest BCUT2D eigenvalue weighted by molar-refractivity contribution is -0.142. The summed E-state index contributed by atoms with van der Waals surface area (Å²) in [5, 5.41) is 17.3. The van der Waals surface area contributed by atoms with Crippen LogP contribution in [0.25, 0.3) is 0 Å². The first-order chi connectivity index (χ1) is 9.08. The number of benzene rings is 1. The second-order valence-corrected chi connectivity index (χ2v) is 4.45. The predicted octanol–water partition coefficient (Wildman–Crippen LogP) is 0.955. The van der Waals surface area contributed by atoms with Crippen molar-refractivity contribution in [2.75, 3.05) is 0 Å². The van der Waals surface area contributed by atoms with Crippen LogP contribution >= 0.6 is 0 Å². The number of rotatable bonds is 5. The van der Waals surface area contributed by atoms with Crippen molar-refractivity contribution >= 4 is 13.7 Å². The number of carboxylic acid groups (broad SMARTS) is 1. The van der Waals surface area contributed by atoms with E-state index in [1.54, 1.807) is 0 Å². The Bertz CT molecular complexity index is 505. The fraction of sp³-hybridized carbons (Fsp3) is 0.364. The number of hydrogen-bond acceptors (Lipinski definition) is 4. The van der Waals surface area contributed by atoms with Gasteiger partial charge in [0.15, 0.2) is 0 Å². The van der Waals surface area contributed by atoms with Gasteiger partial charge in [0.2, 0.25) is 0 Å². The van der Waals surface area contributed by atoms with Gasteiger partial charge in [-0.1, -0.05) is 6.07 Å². The molecule has 0 aliphatic heterocycles. The molecule has 0 aromatic heterocycles. The van der Waals surface area contributed by atoms with Crippen LogP contribution < -0.4 is 10.4 Å². The highest BCUT2D eigenvalue weighted by Crippen LogP contribution is 2.37. The Balaban J connectivity index is 3.16. The Morgan fingerprint density at radius 3 is 2.50 bits per heavy atom. The molecule has 9 heteroatoms. The minimum Gasteiger partial charge on any atom is -0.537 e. The van der Waals surface area contributed by atoms with Gasteiger partial charge in [0, 0.05) is 6.42 Å². The van der Waals surface area contributed by atoms with Crippen LogP contribution in [-0.4, -0.2) is 29.3 Å². The molecule has 0 aliphatic rings. The van der Waals surface area contributed by atoms with E-state index in [0.717, 1.165) is 12.1 Å². The van der Waals surface area contributed by atoms with E-state index >= 15 is 0 Å². The minimum atomic E-state index is -4.71. The summed E-state index contributed by atoms with van der Waals surface area (Å²) in [7, 11) is 0.133. The summed E-state index contributed by atoms with van der Waals surface area (Å²) in [5.74, 6) is -1.91. The molecule has 0 heterocycles. The van der Waals surface area contributed by atoms with Gasteiger partial charge in [-0.2, -0.15) is 13.2 Å². The van der Waals surface area contributed by atoms with E-state index in [1.165, 1.54) is 13.0 Å². The van der Waals surface area contributed by atoms with Crippen molar-refractivity contribution in [3.63, 3.8) is 0 Å². The molecule has 20 heavy (non-hydrogen) atoms. The van der Waals surface area contributed by atoms with Crippen molar-refractivity contribution in [3.05, 3.63) is 29.3 Å². The van der Waals surface area contributed by atoms with Crippen molar-refractivity contribution in [3.8, 4) is 5.75 Å². The van der Waals surface area contributed by atoms with Gasteiger partial charge in [-0.3, -0.25) is 4.79 Å². The number of carboxylic acids is 1. The number of halogens is 3. The summed E-state index contributed by atoms with van der Waals surface area (Å²) in [6, 6.07) is 2.98. The van der Waals surface area contributed by atoms with E-state index in [4.69, 9.17) is 15.9 Å². The van der Waals surface area contributed by atoms with Crippen LogP contribution in [0.3, 0.4) is 0 Å². The first kappa shape index (κ1) is 16.3. The number of hydrogen-bond donors (Lipinski definition) is 3. The molecule has 0 aliphatic carbocycles. The predicted molar refractivity (Wildman–Crippen MR) is 64.0 cm³/mol. The van der Waals surface area contributed by atoms with Gasteiger partial charge >= 0.3 is 19.8 Å². The third-order valence-electron chi connectivity index (χ3n) is 2.59. The van der Waals surface area contributed by atoms with Gasteiger partial charge in [0.1, 0.15) is 11.3 Å². The average Bonchev–Trinajstić information content (AvgIpc) is 2.29. The van der Waals surface area contributed by atoms with Gasteiger partial charge in [0.25, 0.3) is 0 Å². The first-order valence-corrected chi connectivity index (χ1v) is 5.43. The van der Waals surface area contributed by atoms with Crippen LogP contribution in [0.15, 0.2) is 18.2 Å². The quantitative estimate of drug-likeness (QED) is 0.702. The van der Waals surface area contributed by atoms with E-state index in [1.807, 2.05) is 0 Å². The molecule has 1 rings (SSSR count). The first-order valence-electron chi connectivity index (χ1n) is 5.43. The molecule has 4 N–H and O–H groups in total. The monoisotopic (exact) mass is 290 g/mol. The number of nitrogens with two attached hydrogens (primary N) is 1. The molecule has 0 spiro atoms. The maximum absolute atomic E-state index is 12.8. The van der Waals surface area contributed by atoms with Crippen LogP contribution in [0.5, 0.6) is 5.75 Å². The number of aliphatic carboxylic acids is 1. The lowest BCUT2D eigenvalue weighted by atomic mass is 9.93. The largest absolute Gasteiger partial charge is 0.569 e. The van der Waals surface area contributed by atoms with Crippen molar-refractivity contribution in [2.45, 2.75) is 25.1 Å². The molecule has 0 saturated heterocycles. The Morgan fingerprint density at radius 1 is 1.45 bits per heavy atom. The van der Waals surface area contributed by atoms with Crippen LogP contribution in [0.1, 0.15) is 18.1 Å². The zero-order valence-electron chi connectivity index (χ0n) is 10.4. The Morgan fingerprint density at radius 2 is 2.05 bits per heavy atom. The fourth-order valence-electron chi connectivity index (χ4n) is 1.57. The van der Waals surface area contributed by atoms with Crippen LogP contribution in [0.2, 0.25) is 0 Å². The van der Waals surface area contributed by atoms with Crippen LogP contribution in [0.4, 0.5) is 13.2 Å². The van der Waals surface area contributed by atoms with Crippen LogP contribution in [0, 0.1) is 0 Å². The second kappa shape index (κ2) is 5.72.